The van der Waals surface area contributed by atoms with Crippen molar-refractivity contribution in [2.24, 2.45) is 0 Å². The van der Waals surface area contributed by atoms with E-state index in [1.54, 1.807) is 5.38 Å². The molecule has 0 spiro atoms. The van der Waals surface area contributed by atoms with Crippen LogP contribution in [0.15, 0.2) is 46.3 Å². The van der Waals surface area contributed by atoms with E-state index in [1.165, 1.54) is 0 Å². The first-order chi connectivity index (χ1) is 9.22. The van der Waals surface area contributed by atoms with Crippen LogP contribution in [-0.4, -0.2) is 15.5 Å². The maximum absolute atomic E-state index is 11.9. The molecule has 1 aromatic heterocycles. The highest BCUT2D eigenvalue weighted by Crippen LogP contribution is 2.23. The second-order valence-corrected chi connectivity index (χ2v) is 5.48. The molecule has 0 radical (unpaired) electrons. The molecule has 1 heterocycles. The van der Waals surface area contributed by atoms with Gasteiger partial charge in [0, 0.05) is 15.5 Å². The van der Waals surface area contributed by atoms with Crippen molar-refractivity contribution in [1.82, 2.24) is 9.59 Å². The van der Waals surface area contributed by atoms with Crippen LogP contribution in [0, 0.1) is 0 Å². The van der Waals surface area contributed by atoms with E-state index in [4.69, 9.17) is 0 Å². The largest absolute Gasteiger partial charge is 0.321 e. The molecule has 0 unspecified atom stereocenters. The van der Waals surface area contributed by atoms with Crippen LogP contribution in [0.1, 0.15) is 10.5 Å². The van der Waals surface area contributed by atoms with Crippen molar-refractivity contribution in [3.8, 4) is 0 Å². The number of nitrogens with one attached hydrogen (secondary N) is 1. The van der Waals surface area contributed by atoms with E-state index in [0.717, 1.165) is 32.5 Å². The van der Waals surface area contributed by atoms with Gasteiger partial charge in [-0.05, 0) is 46.6 Å². The van der Waals surface area contributed by atoms with Crippen LogP contribution >= 0.6 is 27.5 Å². The molecule has 94 valence electrons. The quantitative estimate of drug-likeness (QED) is 0.777. The van der Waals surface area contributed by atoms with Crippen molar-refractivity contribution in [1.29, 1.82) is 0 Å². The molecule has 0 aliphatic rings. The molecule has 4 nitrogen and oxygen atoms in total. The summed E-state index contributed by atoms with van der Waals surface area (Å²) in [4.78, 5) is 11.9. The highest BCUT2D eigenvalue weighted by molar-refractivity contribution is 9.10. The average molecular weight is 334 g/mol. The van der Waals surface area contributed by atoms with Gasteiger partial charge in [-0.25, -0.2) is 0 Å². The molecule has 0 bridgehead atoms. The molecular formula is C13H8BrN3OS. The van der Waals surface area contributed by atoms with E-state index in [0.29, 0.717) is 5.69 Å². The predicted octanol–water partition coefficient (Wildman–Crippen LogP) is 3.71. The molecule has 0 saturated carbocycles. The Kier molecular flexibility index (Phi) is 3.27. The summed E-state index contributed by atoms with van der Waals surface area (Å²) >= 11 is 4.59. The molecule has 0 atom stereocenters. The zero-order chi connectivity index (χ0) is 13.2. The third kappa shape index (κ3) is 2.64. The summed E-state index contributed by atoms with van der Waals surface area (Å²) < 4.78 is 4.70. The molecule has 19 heavy (non-hydrogen) atoms. The minimum atomic E-state index is -0.245. The van der Waals surface area contributed by atoms with Crippen LogP contribution in [0.4, 0.5) is 5.69 Å². The minimum absolute atomic E-state index is 0.245. The Morgan fingerprint density at radius 1 is 1.16 bits per heavy atom. The Labute approximate surface area is 121 Å². The van der Waals surface area contributed by atoms with Gasteiger partial charge in [-0.3, -0.25) is 4.79 Å². The number of aromatic nitrogens is 2. The first-order valence-electron chi connectivity index (χ1n) is 5.50. The summed E-state index contributed by atoms with van der Waals surface area (Å²) in [6.07, 6.45) is 0. The molecule has 1 amide bonds. The number of rotatable bonds is 2. The fourth-order valence-electron chi connectivity index (χ4n) is 1.75. The second-order valence-electron chi connectivity index (χ2n) is 3.95. The van der Waals surface area contributed by atoms with Gasteiger partial charge in [-0.1, -0.05) is 32.6 Å². The molecule has 6 heteroatoms. The lowest BCUT2D eigenvalue weighted by Crippen LogP contribution is -2.12. The van der Waals surface area contributed by atoms with Gasteiger partial charge >= 0.3 is 0 Å². The molecule has 3 rings (SSSR count). The lowest BCUT2D eigenvalue weighted by molar-refractivity contribution is 0.102. The number of carbonyl (C=O) groups excluding carboxylic acids is 1. The third-order valence-electron chi connectivity index (χ3n) is 2.65. The Morgan fingerprint density at radius 2 is 1.95 bits per heavy atom. The van der Waals surface area contributed by atoms with E-state index in [9.17, 15) is 4.79 Å². The molecule has 0 aliphatic carbocycles. The molecule has 0 aliphatic heterocycles. The zero-order valence-electron chi connectivity index (χ0n) is 9.63. The normalized spacial score (nSPS) is 10.6. The summed E-state index contributed by atoms with van der Waals surface area (Å²) in [5.74, 6) is -0.245. The number of hydrogen-bond acceptors (Lipinski definition) is 4. The molecule has 2 aromatic carbocycles. The number of hydrogen-bond donors (Lipinski definition) is 1. The van der Waals surface area contributed by atoms with Gasteiger partial charge in [0.25, 0.3) is 5.91 Å². The number of fused-ring (bicyclic) bond motifs is 1. The maximum Gasteiger partial charge on any atom is 0.277 e. The van der Waals surface area contributed by atoms with Crippen molar-refractivity contribution in [2.75, 3.05) is 5.32 Å². The number of nitrogens with zero attached hydrogens (tertiary/aromatic N) is 2. The fourth-order valence-corrected chi connectivity index (χ4v) is 2.57. The van der Waals surface area contributed by atoms with Gasteiger partial charge in [0.15, 0.2) is 5.69 Å². The van der Waals surface area contributed by atoms with Gasteiger partial charge in [0.2, 0.25) is 0 Å². The fraction of sp³-hybridized carbons (Fsp3) is 0. The van der Waals surface area contributed by atoms with Crippen LogP contribution < -0.4 is 5.32 Å². The Morgan fingerprint density at radius 3 is 2.74 bits per heavy atom. The van der Waals surface area contributed by atoms with Crippen LogP contribution in [0.5, 0.6) is 0 Å². The van der Waals surface area contributed by atoms with E-state index in [2.05, 4.69) is 30.8 Å². The number of amides is 1. The number of benzene rings is 2. The summed E-state index contributed by atoms with van der Waals surface area (Å²) in [5.41, 5.74) is 1.08. The summed E-state index contributed by atoms with van der Waals surface area (Å²) in [6.45, 7) is 0. The average Bonchev–Trinajstić information content (AvgIpc) is 2.93. The summed E-state index contributed by atoms with van der Waals surface area (Å²) in [7, 11) is 0. The van der Waals surface area contributed by atoms with Crippen molar-refractivity contribution < 1.29 is 4.79 Å². The highest BCUT2D eigenvalue weighted by Gasteiger charge is 2.09. The minimum Gasteiger partial charge on any atom is -0.321 e. The van der Waals surface area contributed by atoms with Crippen molar-refractivity contribution >= 4 is 49.8 Å². The Bertz CT molecular complexity index is 743. The third-order valence-corrected chi connectivity index (χ3v) is 3.65. The lowest BCUT2D eigenvalue weighted by atomic mass is 10.1. The van der Waals surface area contributed by atoms with Gasteiger partial charge in [-0.15, -0.1) is 5.10 Å². The predicted molar refractivity (Wildman–Crippen MR) is 79.5 cm³/mol. The van der Waals surface area contributed by atoms with Crippen molar-refractivity contribution in [2.45, 2.75) is 0 Å². The van der Waals surface area contributed by atoms with Gasteiger partial charge in [-0.2, -0.15) is 0 Å². The molecular weight excluding hydrogens is 326 g/mol. The number of anilines is 1. The second kappa shape index (κ2) is 5.07. The number of carbonyl (C=O) groups is 1. The van der Waals surface area contributed by atoms with Crippen molar-refractivity contribution in [3.63, 3.8) is 0 Å². The van der Waals surface area contributed by atoms with Gasteiger partial charge in [0.1, 0.15) is 0 Å². The first-order valence-corrected chi connectivity index (χ1v) is 7.13. The highest BCUT2D eigenvalue weighted by atomic mass is 79.9. The lowest BCUT2D eigenvalue weighted by Gasteiger charge is -2.05. The Balaban J connectivity index is 1.89. The zero-order valence-corrected chi connectivity index (χ0v) is 12.0. The van der Waals surface area contributed by atoms with Crippen molar-refractivity contribution in [3.05, 3.63) is 51.9 Å². The topological polar surface area (TPSA) is 54.9 Å². The molecule has 1 N–H and O–H groups in total. The van der Waals surface area contributed by atoms with Gasteiger partial charge < -0.3 is 5.32 Å². The van der Waals surface area contributed by atoms with E-state index >= 15 is 0 Å². The first kappa shape index (κ1) is 12.3. The van der Waals surface area contributed by atoms with Crippen LogP contribution in [0.25, 0.3) is 10.8 Å². The van der Waals surface area contributed by atoms with Crippen LogP contribution in [0.2, 0.25) is 0 Å². The van der Waals surface area contributed by atoms with Gasteiger partial charge in [0.05, 0.1) is 0 Å². The maximum atomic E-state index is 11.9. The standard InChI is InChI=1S/C13H8BrN3OS/c14-10-3-1-9-6-11(4-2-8(9)5-10)15-13(18)12-7-19-17-16-12/h1-7H,(H,15,18). The summed E-state index contributed by atoms with van der Waals surface area (Å²) in [6, 6.07) is 11.8. The van der Waals surface area contributed by atoms with E-state index in [1.807, 2.05) is 36.4 Å². The Hall–Kier alpha value is -1.79. The van der Waals surface area contributed by atoms with Crippen LogP contribution in [0.3, 0.4) is 0 Å². The molecule has 0 fully saturated rings. The summed E-state index contributed by atoms with van der Waals surface area (Å²) in [5, 5.41) is 10.3. The SMILES string of the molecule is O=C(Nc1ccc2cc(Br)ccc2c1)c1csnn1. The number of halogens is 1. The monoisotopic (exact) mass is 333 g/mol. The molecule has 0 saturated heterocycles. The smallest absolute Gasteiger partial charge is 0.277 e. The van der Waals surface area contributed by atoms with E-state index < -0.39 is 0 Å². The molecule has 3 aromatic rings. The van der Waals surface area contributed by atoms with Crippen LogP contribution in [-0.2, 0) is 0 Å². The van der Waals surface area contributed by atoms with E-state index in [-0.39, 0.29) is 5.91 Å².